The van der Waals surface area contributed by atoms with Crippen LogP contribution >= 0.6 is 0 Å². The highest BCUT2D eigenvalue weighted by Crippen LogP contribution is 2.27. The van der Waals surface area contributed by atoms with Crippen LogP contribution in [0.2, 0.25) is 0 Å². The lowest BCUT2D eigenvalue weighted by Crippen LogP contribution is -2.11. The molecular weight excluding hydrogens is 204 g/mol. The molecular formula is C17H32. The minimum Gasteiger partial charge on any atom is -0.0843 e. The zero-order valence-electron chi connectivity index (χ0n) is 12.8. The molecule has 0 heterocycles. The summed E-state index contributed by atoms with van der Waals surface area (Å²) < 4.78 is 0. The van der Waals surface area contributed by atoms with Crippen molar-refractivity contribution >= 4 is 0 Å². The van der Waals surface area contributed by atoms with Gasteiger partial charge in [-0.3, -0.25) is 0 Å². The smallest absolute Gasteiger partial charge is 0.0180 e. The lowest BCUT2D eigenvalue weighted by Gasteiger charge is -2.23. The van der Waals surface area contributed by atoms with Crippen molar-refractivity contribution in [3.05, 3.63) is 23.8 Å². The molecule has 0 aromatic heterocycles. The maximum absolute atomic E-state index is 2.40. The highest BCUT2D eigenvalue weighted by Gasteiger charge is 2.15. The van der Waals surface area contributed by atoms with E-state index in [-0.39, 0.29) is 0 Å². The molecule has 0 saturated heterocycles. The van der Waals surface area contributed by atoms with E-state index < -0.39 is 0 Å². The Morgan fingerprint density at radius 1 is 1.12 bits per heavy atom. The summed E-state index contributed by atoms with van der Waals surface area (Å²) in [5.74, 6) is 2.35. The molecule has 0 aromatic carbocycles. The monoisotopic (exact) mass is 236 g/mol. The van der Waals surface area contributed by atoms with E-state index in [1.54, 1.807) is 5.57 Å². The highest BCUT2D eigenvalue weighted by molar-refractivity contribution is 5.14. The Morgan fingerprint density at radius 3 is 2.24 bits per heavy atom. The molecule has 0 amide bonds. The molecule has 0 bridgehead atoms. The van der Waals surface area contributed by atoms with E-state index in [2.05, 4.69) is 59.8 Å². The third-order valence-electron chi connectivity index (χ3n) is 3.56. The van der Waals surface area contributed by atoms with Crippen LogP contribution in [-0.2, 0) is 0 Å². The lowest BCUT2D eigenvalue weighted by molar-refractivity contribution is 0.371. The Kier molecular flexibility index (Phi) is 9.21. The molecule has 0 fully saturated rings. The van der Waals surface area contributed by atoms with E-state index in [9.17, 15) is 0 Å². The first-order valence-electron chi connectivity index (χ1n) is 7.36. The van der Waals surface area contributed by atoms with E-state index in [0.717, 1.165) is 17.8 Å². The van der Waals surface area contributed by atoms with Gasteiger partial charge in [0.25, 0.3) is 0 Å². The molecule has 2 unspecified atom stereocenters. The van der Waals surface area contributed by atoms with Crippen molar-refractivity contribution in [3.8, 4) is 0 Å². The second kappa shape index (κ2) is 9.50. The van der Waals surface area contributed by atoms with Crippen LogP contribution in [0.25, 0.3) is 0 Å². The maximum Gasteiger partial charge on any atom is -0.0180 e. The van der Waals surface area contributed by atoms with Crippen LogP contribution in [0.3, 0.4) is 0 Å². The molecule has 0 aliphatic carbocycles. The lowest BCUT2D eigenvalue weighted by atomic mass is 9.83. The van der Waals surface area contributed by atoms with Gasteiger partial charge in [0.2, 0.25) is 0 Å². The van der Waals surface area contributed by atoms with Crippen molar-refractivity contribution < 1.29 is 0 Å². The summed E-state index contributed by atoms with van der Waals surface area (Å²) in [6, 6.07) is 0. The first-order valence-corrected chi connectivity index (χ1v) is 7.36. The van der Waals surface area contributed by atoms with Crippen LogP contribution in [-0.4, -0.2) is 0 Å². The molecule has 0 N–H and O–H groups in total. The normalized spacial score (nSPS) is 16.8. The molecule has 0 saturated carbocycles. The fraction of sp³-hybridized carbons (Fsp3) is 0.765. The molecule has 0 radical (unpaired) electrons. The van der Waals surface area contributed by atoms with Gasteiger partial charge in [0.05, 0.1) is 0 Å². The van der Waals surface area contributed by atoms with Crippen molar-refractivity contribution in [2.24, 2.45) is 17.8 Å². The van der Waals surface area contributed by atoms with Crippen LogP contribution in [0, 0.1) is 17.8 Å². The van der Waals surface area contributed by atoms with Crippen LogP contribution in [0.15, 0.2) is 23.8 Å². The topological polar surface area (TPSA) is 0 Å². The SMILES string of the molecule is CCCC(C)C(CC)C(C)=CC=CCC(C)C. The highest BCUT2D eigenvalue weighted by atomic mass is 14.2. The van der Waals surface area contributed by atoms with E-state index in [4.69, 9.17) is 0 Å². The van der Waals surface area contributed by atoms with E-state index in [1.807, 2.05) is 0 Å². The van der Waals surface area contributed by atoms with Gasteiger partial charge >= 0.3 is 0 Å². The van der Waals surface area contributed by atoms with Crippen molar-refractivity contribution in [2.75, 3.05) is 0 Å². The maximum atomic E-state index is 2.40. The largest absolute Gasteiger partial charge is 0.0843 e. The van der Waals surface area contributed by atoms with Crippen LogP contribution in [0.1, 0.15) is 67.2 Å². The summed E-state index contributed by atoms with van der Waals surface area (Å²) in [6.45, 7) is 13.8. The van der Waals surface area contributed by atoms with Crippen molar-refractivity contribution in [3.63, 3.8) is 0 Å². The third kappa shape index (κ3) is 7.41. The molecule has 0 spiro atoms. The van der Waals surface area contributed by atoms with Gasteiger partial charge in [-0.1, -0.05) is 71.3 Å². The summed E-state index contributed by atoms with van der Waals surface area (Å²) in [4.78, 5) is 0. The second-order valence-electron chi connectivity index (χ2n) is 5.75. The second-order valence-corrected chi connectivity index (χ2v) is 5.75. The third-order valence-corrected chi connectivity index (χ3v) is 3.56. The molecule has 0 aromatic rings. The van der Waals surface area contributed by atoms with Crippen molar-refractivity contribution in [2.45, 2.75) is 67.2 Å². The van der Waals surface area contributed by atoms with Gasteiger partial charge in [0.1, 0.15) is 0 Å². The average molecular weight is 236 g/mol. The van der Waals surface area contributed by atoms with Crippen molar-refractivity contribution in [1.82, 2.24) is 0 Å². The predicted molar refractivity (Wildman–Crippen MR) is 80.2 cm³/mol. The summed E-state index contributed by atoms with van der Waals surface area (Å²) in [6.07, 6.45) is 12.0. The van der Waals surface area contributed by atoms with E-state index in [0.29, 0.717) is 0 Å². The summed E-state index contributed by atoms with van der Waals surface area (Å²) in [5.41, 5.74) is 1.55. The minimum absolute atomic E-state index is 0.763. The van der Waals surface area contributed by atoms with Gasteiger partial charge in [-0.15, -0.1) is 0 Å². The van der Waals surface area contributed by atoms with Gasteiger partial charge < -0.3 is 0 Å². The summed E-state index contributed by atoms with van der Waals surface area (Å²) >= 11 is 0. The Hall–Kier alpha value is -0.520. The van der Waals surface area contributed by atoms with Gasteiger partial charge in [-0.25, -0.2) is 0 Å². The molecule has 0 nitrogen and oxygen atoms in total. The Balaban J connectivity index is 4.36. The van der Waals surface area contributed by atoms with Gasteiger partial charge in [0.15, 0.2) is 0 Å². The fourth-order valence-corrected chi connectivity index (χ4v) is 2.52. The first kappa shape index (κ1) is 16.5. The number of rotatable bonds is 8. The molecule has 0 heteroatoms. The fourth-order valence-electron chi connectivity index (χ4n) is 2.52. The Labute approximate surface area is 109 Å². The Morgan fingerprint density at radius 2 is 1.76 bits per heavy atom. The van der Waals surface area contributed by atoms with Gasteiger partial charge in [-0.05, 0) is 37.5 Å². The number of allylic oxidation sites excluding steroid dienone is 4. The molecule has 100 valence electrons. The number of hydrogen-bond donors (Lipinski definition) is 0. The van der Waals surface area contributed by atoms with Gasteiger partial charge in [-0.2, -0.15) is 0 Å². The Bertz CT molecular complexity index is 232. The molecule has 17 heavy (non-hydrogen) atoms. The quantitative estimate of drug-likeness (QED) is 0.454. The van der Waals surface area contributed by atoms with Crippen LogP contribution in [0.4, 0.5) is 0 Å². The molecule has 0 aliphatic heterocycles. The van der Waals surface area contributed by atoms with Crippen LogP contribution < -0.4 is 0 Å². The summed E-state index contributed by atoms with van der Waals surface area (Å²) in [7, 11) is 0. The molecule has 0 rings (SSSR count). The van der Waals surface area contributed by atoms with Crippen LogP contribution in [0.5, 0.6) is 0 Å². The van der Waals surface area contributed by atoms with E-state index >= 15 is 0 Å². The molecule has 0 aliphatic rings. The van der Waals surface area contributed by atoms with Gasteiger partial charge in [0, 0.05) is 0 Å². The predicted octanol–water partition coefficient (Wildman–Crippen LogP) is 6.00. The molecule has 2 atom stereocenters. The zero-order valence-corrected chi connectivity index (χ0v) is 12.8. The number of hydrogen-bond acceptors (Lipinski definition) is 0. The van der Waals surface area contributed by atoms with E-state index in [1.165, 1.54) is 25.7 Å². The summed E-state index contributed by atoms with van der Waals surface area (Å²) in [5, 5.41) is 0. The first-order chi connectivity index (χ1) is 8.02. The zero-order chi connectivity index (χ0) is 13.3. The minimum atomic E-state index is 0.763. The van der Waals surface area contributed by atoms with Crippen molar-refractivity contribution in [1.29, 1.82) is 0 Å². The standard InChI is InChI=1S/C17H32/c1-7-11-15(5)17(8-2)16(6)13-10-9-12-14(3)4/h9-10,13-15,17H,7-8,11-12H2,1-6H3. The average Bonchev–Trinajstić information content (AvgIpc) is 2.25.